The fourth-order valence-corrected chi connectivity index (χ4v) is 7.38. The lowest BCUT2D eigenvalue weighted by Gasteiger charge is -2.31. The van der Waals surface area contributed by atoms with Gasteiger partial charge in [-0.1, -0.05) is 47.6 Å². The SMILES string of the molecule is Cc1nc2ccc(S(=O)(=O)N(CC(O)[C@H](Cc3ccccc3)NC(=O)OC3COC4OCCC34)OC3CCCC3)cc2[nH]1.N=COO. The van der Waals surface area contributed by atoms with Gasteiger partial charge >= 0.3 is 6.09 Å². The molecule has 1 aromatic heterocycles. The van der Waals surface area contributed by atoms with Crippen LogP contribution in [0, 0.1) is 18.3 Å². The zero-order chi connectivity index (χ0) is 33.4. The smallest absolute Gasteiger partial charge is 0.407 e. The Morgan fingerprint density at radius 1 is 1.19 bits per heavy atom. The van der Waals surface area contributed by atoms with E-state index >= 15 is 0 Å². The first-order valence-corrected chi connectivity index (χ1v) is 17.0. The number of aliphatic hydroxyl groups is 1. The number of nitrogens with zero attached hydrogens (tertiary/aromatic N) is 2. The van der Waals surface area contributed by atoms with Crippen molar-refractivity contribution in [2.75, 3.05) is 19.8 Å². The summed E-state index contributed by atoms with van der Waals surface area (Å²) in [6.45, 7) is 2.17. The minimum atomic E-state index is -4.20. The highest BCUT2D eigenvalue weighted by atomic mass is 32.2. The average molecular weight is 676 g/mol. The lowest BCUT2D eigenvalue weighted by molar-refractivity contribution is -0.148. The number of alkyl carbamates (subject to hydrolysis) is 1. The van der Waals surface area contributed by atoms with Crippen LogP contribution in [0.25, 0.3) is 11.0 Å². The summed E-state index contributed by atoms with van der Waals surface area (Å²) in [7, 11) is -4.20. The van der Waals surface area contributed by atoms with Gasteiger partial charge in [0.25, 0.3) is 10.0 Å². The Bertz CT molecular complexity index is 1580. The topological polar surface area (TPSA) is 206 Å². The molecule has 4 unspecified atom stereocenters. The number of hydrogen-bond donors (Lipinski definition) is 5. The zero-order valence-electron chi connectivity index (χ0n) is 26.0. The number of sulfonamides is 1. The molecule has 2 saturated heterocycles. The van der Waals surface area contributed by atoms with Crippen LogP contribution in [0.5, 0.6) is 0 Å². The lowest BCUT2D eigenvalue weighted by Crippen LogP contribution is -2.51. The number of aromatic amines is 1. The monoisotopic (exact) mass is 675 g/mol. The number of H-pyrrole nitrogens is 1. The van der Waals surface area contributed by atoms with Gasteiger partial charge in [0, 0.05) is 0 Å². The van der Waals surface area contributed by atoms with E-state index in [1.807, 2.05) is 30.3 Å². The van der Waals surface area contributed by atoms with Crippen LogP contribution in [0.2, 0.25) is 0 Å². The van der Waals surface area contributed by atoms with Gasteiger partial charge in [0.15, 0.2) is 6.29 Å². The molecule has 1 aliphatic carbocycles. The Balaban J connectivity index is 0.00000103. The molecule has 15 nitrogen and oxygen atoms in total. The molecule has 2 aliphatic heterocycles. The molecule has 5 atom stereocenters. The lowest BCUT2D eigenvalue weighted by atomic mass is 10.0. The van der Waals surface area contributed by atoms with Gasteiger partial charge in [0.2, 0.25) is 6.40 Å². The third kappa shape index (κ3) is 8.84. The summed E-state index contributed by atoms with van der Waals surface area (Å²) in [5, 5.41) is 27.3. The zero-order valence-corrected chi connectivity index (χ0v) is 26.8. The van der Waals surface area contributed by atoms with Crippen molar-refractivity contribution < 1.29 is 47.5 Å². The number of imidazole rings is 1. The number of aliphatic hydroxyl groups excluding tert-OH is 1. The number of fused-ring (bicyclic) bond motifs is 2. The number of carbonyl (C=O) groups excluding carboxylic acids is 1. The van der Waals surface area contributed by atoms with Crippen molar-refractivity contribution in [2.24, 2.45) is 5.92 Å². The van der Waals surface area contributed by atoms with E-state index in [0.717, 1.165) is 29.3 Å². The van der Waals surface area contributed by atoms with E-state index in [1.54, 1.807) is 13.0 Å². The molecule has 3 heterocycles. The molecule has 2 aromatic carbocycles. The first-order chi connectivity index (χ1) is 22.7. The Morgan fingerprint density at radius 2 is 1.94 bits per heavy atom. The summed E-state index contributed by atoms with van der Waals surface area (Å²) in [5.41, 5.74) is 2.08. The maximum Gasteiger partial charge on any atom is 0.407 e. The molecule has 0 radical (unpaired) electrons. The molecule has 256 valence electrons. The Morgan fingerprint density at radius 3 is 2.66 bits per heavy atom. The number of benzene rings is 2. The van der Waals surface area contributed by atoms with E-state index in [1.165, 1.54) is 12.1 Å². The molecule has 0 spiro atoms. The number of hydrogen-bond acceptors (Lipinski definition) is 12. The molecule has 3 aliphatic rings. The molecular weight excluding hydrogens is 634 g/mol. The highest BCUT2D eigenvalue weighted by molar-refractivity contribution is 7.89. The van der Waals surface area contributed by atoms with Crippen LogP contribution >= 0.6 is 0 Å². The number of aromatic nitrogens is 2. The number of rotatable bonds is 12. The summed E-state index contributed by atoms with van der Waals surface area (Å²) >= 11 is 0. The van der Waals surface area contributed by atoms with Gasteiger partial charge in [-0.25, -0.2) is 23.5 Å². The molecule has 6 rings (SSSR count). The Labute approximate surface area is 272 Å². The summed E-state index contributed by atoms with van der Waals surface area (Å²) in [4.78, 5) is 29.7. The van der Waals surface area contributed by atoms with E-state index in [2.05, 4.69) is 20.2 Å². The number of carbonyl (C=O) groups is 1. The van der Waals surface area contributed by atoms with Gasteiger partial charge in [0.05, 0.1) is 59.9 Å². The van der Waals surface area contributed by atoms with Crippen molar-refractivity contribution >= 4 is 33.6 Å². The highest BCUT2D eigenvalue weighted by Gasteiger charge is 2.44. The van der Waals surface area contributed by atoms with Crippen LogP contribution < -0.4 is 5.32 Å². The number of amides is 1. The van der Waals surface area contributed by atoms with Crippen molar-refractivity contribution in [3.8, 4) is 0 Å². The summed E-state index contributed by atoms with van der Waals surface area (Å²) in [5.74, 6) is 0.626. The van der Waals surface area contributed by atoms with E-state index in [0.29, 0.717) is 42.7 Å². The summed E-state index contributed by atoms with van der Waals surface area (Å²) in [6, 6.07) is 13.1. The molecule has 1 saturated carbocycles. The maximum absolute atomic E-state index is 14.0. The molecule has 16 heteroatoms. The summed E-state index contributed by atoms with van der Waals surface area (Å²) < 4.78 is 45.6. The molecule has 47 heavy (non-hydrogen) atoms. The number of ether oxygens (including phenoxy) is 3. The molecular formula is C31H41N5O10S. The van der Waals surface area contributed by atoms with Crippen LogP contribution in [-0.4, -0.2) is 96.1 Å². The van der Waals surface area contributed by atoms with Crippen molar-refractivity contribution in [2.45, 2.75) is 81.0 Å². The van der Waals surface area contributed by atoms with Crippen LogP contribution in [0.1, 0.15) is 43.5 Å². The fraction of sp³-hybridized carbons (Fsp3) is 0.516. The van der Waals surface area contributed by atoms with Crippen molar-refractivity contribution in [1.29, 1.82) is 5.41 Å². The van der Waals surface area contributed by atoms with Crippen LogP contribution in [0.15, 0.2) is 53.4 Å². The van der Waals surface area contributed by atoms with Gasteiger partial charge in [0.1, 0.15) is 11.9 Å². The average Bonchev–Trinajstić information content (AvgIpc) is 3.87. The highest BCUT2D eigenvalue weighted by Crippen LogP contribution is 2.33. The normalized spacial score (nSPS) is 22.3. The molecule has 5 N–H and O–H groups in total. The van der Waals surface area contributed by atoms with Crippen molar-refractivity contribution in [3.05, 3.63) is 59.9 Å². The Hall–Kier alpha value is -3.64. The molecule has 1 amide bonds. The minimum Gasteiger partial charge on any atom is -0.443 e. The van der Waals surface area contributed by atoms with E-state index in [9.17, 15) is 18.3 Å². The molecule has 3 aromatic rings. The van der Waals surface area contributed by atoms with Crippen molar-refractivity contribution in [1.82, 2.24) is 19.8 Å². The quantitative estimate of drug-likeness (QED) is 0.0815. The van der Waals surface area contributed by atoms with Gasteiger partial charge in [-0.05, 0) is 56.4 Å². The standard InChI is InChI=1S/C30H38N4O8S.CH3NO2/c1-19-31-24-12-11-22(16-25(24)32-19)43(37,38)34(42-21-9-5-6-10-21)17-27(35)26(15-20-7-3-2-4-8-20)33-30(36)41-28-18-40-29-23(28)13-14-39-29;2-1-4-3/h2-4,7-8,11-12,16,21,23,26-29,35H,5-6,9-10,13-15,17-18H2,1H3,(H,31,32)(H,33,36);1-3H/t23?,26-,27?,28?,29?;/m0./s1. The first-order valence-electron chi connectivity index (χ1n) is 15.6. The van der Waals surface area contributed by atoms with Gasteiger partial charge in [-0.2, -0.15) is 0 Å². The third-order valence-corrected chi connectivity index (χ3v) is 10.0. The molecule has 0 bridgehead atoms. The second kappa shape index (κ2) is 16.0. The second-order valence-corrected chi connectivity index (χ2v) is 13.5. The number of aryl methyl sites for hydroxylation is 1. The van der Waals surface area contributed by atoms with Gasteiger partial charge in [-0.15, -0.1) is 0 Å². The van der Waals surface area contributed by atoms with Crippen molar-refractivity contribution in [3.63, 3.8) is 0 Å². The van der Waals surface area contributed by atoms with E-state index < -0.39 is 40.9 Å². The predicted octanol–water partition coefficient (Wildman–Crippen LogP) is 3.28. The fourth-order valence-electron chi connectivity index (χ4n) is 6.05. The third-order valence-electron chi connectivity index (χ3n) is 8.41. The van der Waals surface area contributed by atoms with E-state index in [4.69, 9.17) is 29.7 Å². The first kappa shape index (κ1) is 34.7. The largest absolute Gasteiger partial charge is 0.443 e. The second-order valence-electron chi connectivity index (χ2n) is 11.7. The van der Waals surface area contributed by atoms with Crippen LogP contribution in [0.3, 0.4) is 0 Å². The summed E-state index contributed by atoms with van der Waals surface area (Å²) in [6.07, 6.45) is 1.52. The predicted molar refractivity (Wildman–Crippen MR) is 168 cm³/mol. The van der Waals surface area contributed by atoms with Gasteiger partial charge in [-0.3, -0.25) is 10.2 Å². The maximum atomic E-state index is 14.0. The van der Waals surface area contributed by atoms with Gasteiger partial charge < -0.3 is 34.5 Å². The minimum absolute atomic E-state index is 0.00963. The van der Waals surface area contributed by atoms with Crippen LogP contribution in [-0.2, 0) is 40.4 Å². The van der Waals surface area contributed by atoms with Crippen LogP contribution in [0.4, 0.5) is 4.79 Å². The molecule has 3 fully saturated rings. The van der Waals surface area contributed by atoms with E-state index in [-0.39, 0.29) is 36.2 Å². The Kier molecular flexibility index (Phi) is 11.8. The number of nitrogens with one attached hydrogen (secondary N) is 3. The number of hydroxylamine groups is 1.